The second kappa shape index (κ2) is 10.4. The van der Waals surface area contributed by atoms with Crippen LogP contribution in [-0.4, -0.2) is 48.2 Å². The predicted octanol–water partition coefficient (Wildman–Crippen LogP) is 5.40. The van der Waals surface area contributed by atoms with E-state index in [4.69, 9.17) is 16.0 Å². The Balaban J connectivity index is 1.29. The van der Waals surface area contributed by atoms with Crippen LogP contribution in [0.3, 0.4) is 0 Å². The number of piperidine rings is 1. The number of alkyl halides is 2. The van der Waals surface area contributed by atoms with E-state index in [1.165, 1.54) is 23.7 Å². The van der Waals surface area contributed by atoms with Crippen LogP contribution < -0.4 is 0 Å². The third-order valence-electron chi connectivity index (χ3n) is 6.18. The lowest BCUT2D eigenvalue weighted by Gasteiger charge is -2.30. The first-order chi connectivity index (χ1) is 17.3. The summed E-state index contributed by atoms with van der Waals surface area (Å²) in [6, 6.07) is 6.93. The maximum atomic E-state index is 14.7. The molecule has 0 unspecified atom stereocenters. The Hall–Kier alpha value is -3.31. The fourth-order valence-corrected chi connectivity index (χ4v) is 4.43. The molecule has 1 aromatic carbocycles. The van der Waals surface area contributed by atoms with Gasteiger partial charge in [0, 0.05) is 23.3 Å². The van der Waals surface area contributed by atoms with Crippen LogP contribution in [0.4, 0.5) is 13.2 Å². The quantitative estimate of drug-likeness (QED) is 0.324. The molecule has 0 bridgehead atoms. The van der Waals surface area contributed by atoms with Crippen molar-refractivity contribution in [2.75, 3.05) is 13.1 Å². The first-order valence-electron chi connectivity index (χ1n) is 11.5. The van der Waals surface area contributed by atoms with E-state index in [-0.39, 0.29) is 23.7 Å². The lowest BCUT2D eigenvalue weighted by molar-refractivity contribution is 0.116. The van der Waals surface area contributed by atoms with Crippen LogP contribution in [-0.2, 0) is 13.1 Å². The summed E-state index contributed by atoms with van der Waals surface area (Å²) in [7, 11) is 0. The van der Waals surface area contributed by atoms with Gasteiger partial charge in [-0.2, -0.15) is 8.78 Å². The van der Waals surface area contributed by atoms with E-state index < -0.39 is 18.1 Å². The maximum absolute atomic E-state index is 14.7. The summed E-state index contributed by atoms with van der Waals surface area (Å²) in [4.78, 5) is 6.50. The Kier molecular flexibility index (Phi) is 7.01. The summed E-state index contributed by atoms with van der Waals surface area (Å²) in [6.07, 6.45) is 2.45. The summed E-state index contributed by atoms with van der Waals surface area (Å²) in [5, 5.41) is 15.7. The molecule has 12 heteroatoms. The minimum Gasteiger partial charge on any atom is -0.415 e. The Labute approximate surface area is 210 Å². The van der Waals surface area contributed by atoms with Crippen molar-refractivity contribution in [2.24, 2.45) is 5.92 Å². The molecule has 0 radical (unpaired) electrons. The van der Waals surface area contributed by atoms with Gasteiger partial charge in [-0.1, -0.05) is 23.7 Å². The second-order valence-electron chi connectivity index (χ2n) is 9.01. The lowest BCUT2D eigenvalue weighted by Crippen LogP contribution is -2.32. The largest absolute Gasteiger partial charge is 0.415 e. The zero-order chi connectivity index (χ0) is 25.2. The summed E-state index contributed by atoms with van der Waals surface area (Å²) in [6.45, 7) is 5.25. The molecule has 0 atom stereocenters. The smallest absolute Gasteiger partial charge is 0.314 e. The summed E-state index contributed by atoms with van der Waals surface area (Å²) in [5.41, 5.74) is 2.72. The number of rotatable bonds is 7. The van der Waals surface area contributed by atoms with Crippen molar-refractivity contribution in [3.8, 4) is 22.7 Å². The van der Waals surface area contributed by atoms with Gasteiger partial charge in [-0.3, -0.25) is 9.88 Å². The van der Waals surface area contributed by atoms with E-state index in [9.17, 15) is 13.2 Å². The SMILES string of the molecule is CC1CCN(Cc2cc(Cl)cc(-c3cn(Cc4ncc(-c5nnc(C(F)F)o5)cc4F)nn3)c2)CC1. The molecule has 1 aliphatic rings. The van der Waals surface area contributed by atoms with Gasteiger partial charge in [0.25, 0.3) is 5.89 Å². The highest BCUT2D eigenvalue weighted by molar-refractivity contribution is 6.30. The highest BCUT2D eigenvalue weighted by atomic mass is 35.5. The van der Waals surface area contributed by atoms with Crippen molar-refractivity contribution in [1.82, 2.24) is 35.1 Å². The monoisotopic (exact) mass is 517 g/mol. The van der Waals surface area contributed by atoms with Gasteiger partial charge >= 0.3 is 6.43 Å². The van der Waals surface area contributed by atoms with E-state index in [2.05, 4.69) is 37.3 Å². The average Bonchev–Trinajstić information content (AvgIpc) is 3.52. The highest BCUT2D eigenvalue weighted by Crippen LogP contribution is 2.27. The summed E-state index contributed by atoms with van der Waals surface area (Å²) in [5.74, 6) is -0.970. The molecule has 0 N–H and O–H groups in total. The molecule has 36 heavy (non-hydrogen) atoms. The molecular formula is C24H23ClF3N7O. The van der Waals surface area contributed by atoms with Gasteiger partial charge in [-0.25, -0.2) is 9.07 Å². The molecule has 5 rings (SSSR count). The number of likely N-dealkylation sites (tertiary alicyclic amines) is 1. The van der Waals surface area contributed by atoms with Crippen molar-refractivity contribution in [3.05, 3.63) is 64.6 Å². The zero-order valence-corrected chi connectivity index (χ0v) is 20.2. The van der Waals surface area contributed by atoms with Crippen LogP contribution in [0.25, 0.3) is 22.7 Å². The molecule has 188 valence electrons. The van der Waals surface area contributed by atoms with Crippen LogP contribution in [0.2, 0.25) is 5.02 Å². The van der Waals surface area contributed by atoms with E-state index in [1.807, 2.05) is 18.2 Å². The minimum atomic E-state index is -2.91. The molecule has 1 saturated heterocycles. The van der Waals surface area contributed by atoms with Gasteiger partial charge in [-0.15, -0.1) is 15.3 Å². The highest BCUT2D eigenvalue weighted by Gasteiger charge is 2.19. The molecule has 0 saturated carbocycles. The topological polar surface area (TPSA) is 85.8 Å². The van der Waals surface area contributed by atoms with Gasteiger partial charge < -0.3 is 4.42 Å². The van der Waals surface area contributed by atoms with Gasteiger partial charge in [0.2, 0.25) is 5.89 Å². The van der Waals surface area contributed by atoms with Gasteiger partial charge in [0.05, 0.1) is 24.0 Å². The molecule has 1 fully saturated rings. The number of hydrogen-bond acceptors (Lipinski definition) is 7. The zero-order valence-electron chi connectivity index (χ0n) is 19.4. The molecule has 1 aliphatic heterocycles. The van der Waals surface area contributed by atoms with Crippen molar-refractivity contribution in [1.29, 1.82) is 0 Å². The molecule has 3 aromatic heterocycles. The van der Waals surface area contributed by atoms with Crippen LogP contribution in [0.15, 0.2) is 41.1 Å². The predicted molar refractivity (Wildman–Crippen MR) is 126 cm³/mol. The van der Waals surface area contributed by atoms with E-state index >= 15 is 0 Å². The third-order valence-corrected chi connectivity index (χ3v) is 6.40. The maximum Gasteiger partial charge on any atom is 0.314 e. The lowest BCUT2D eigenvalue weighted by atomic mass is 9.98. The van der Waals surface area contributed by atoms with Crippen LogP contribution in [0.1, 0.15) is 43.3 Å². The first kappa shape index (κ1) is 24.4. The number of hydrogen-bond donors (Lipinski definition) is 0. The number of nitrogens with zero attached hydrogens (tertiary/aromatic N) is 7. The van der Waals surface area contributed by atoms with Crippen LogP contribution >= 0.6 is 11.6 Å². The Morgan fingerprint density at radius 3 is 2.58 bits per heavy atom. The molecule has 8 nitrogen and oxygen atoms in total. The second-order valence-corrected chi connectivity index (χ2v) is 9.44. The number of aromatic nitrogens is 6. The Morgan fingerprint density at radius 2 is 1.86 bits per heavy atom. The van der Waals surface area contributed by atoms with E-state index in [1.54, 1.807) is 6.20 Å². The van der Waals surface area contributed by atoms with Crippen molar-refractivity contribution in [3.63, 3.8) is 0 Å². The van der Waals surface area contributed by atoms with Crippen LogP contribution in [0.5, 0.6) is 0 Å². The third kappa shape index (κ3) is 5.57. The molecule has 4 heterocycles. The Bertz CT molecular complexity index is 1350. The van der Waals surface area contributed by atoms with Crippen molar-refractivity contribution >= 4 is 11.6 Å². The fraction of sp³-hybridized carbons (Fsp3) is 0.375. The van der Waals surface area contributed by atoms with Gasteiger partial charge in [-0.05, 0) is 61.7 Å². The fourth-order valence-electron chi connectivity index (χ4n) is 4.17. The molecule has 0 aliphatic carbocycles. The minimum absolute atomic E-state index is 0.0185. The molecule has 0 amide bonds. The Morgan fingerprint density at radius 1 is 1.06 bits per heavy atom. The molecular weight excluding hydrogens is 495 g/mol. The van der Waals surface area contributed by atoms with E-state index in [0.717, 1.165) is 42.7 Å². The molecule has 0 spiro atoms. The first-order valence-corrected chi connectivity index (χ1v) is 11.9. The average molecular weight is 518 g/mol. The summed E-state index contributed by atoms with van der Waals surface area (Å²) >= 11 is 6.39. The van der Waals surface area contributed by atoms with Crippen molar-refractivity contribution in [2.45, 2.75) is 39.3 Å². The summed E-state index contributed by atoms with van der Waals surface area (Å²) < 4.78 is 46.3. The normalized spacial score (nSPS) is 15.2. The van der Waals surface area contributed by atoms with Crippen LogP contribution in [0, 0.1) is 11.7 Å². The molecule has 4 aromatic rings. The standard InChI is InChI=1S/C24H23ClF3N7O/c1-14-2-4-34(5-3-14)11-15-6-16(8-18(25)7-15)20-12-35(33-30-20)13-21-19(26)9-17(10-29-21)23-31-32-24(36-23)22(27)28/h6-10,12,14,22H,2-5,11,13H2,1H3. The number of halogens is 4. The number of pyridine rings is 1. The van der Waals surface area contributed by atoms with Crippen molar-refractivity contribution < 1.29 is 17.6 Å². The van der Waals surface area contributed by atoms with Gasteiger partial charge in [0.1, 0.15) is 11.5 Å². The number of benzene rings is 1. The van der Waals surface area contributed by atoms with Gasteiger partial charge in [0.15, 0.2) is 0 Å². The van der Waals surface area contributed by atoms with E-state index in [0.29, 0.717) is 10.7 Å².